The second-order valence-corrected chi connectivity index (χ2v) is 5.12. The zero-order valence-corrected chi connectivity index (χ0v) is 12.3. The molecule has 2 rings (SSSR count). The summed E-state index contributed by atoms with van der Waals surface area (Å²) in [4.78, 5) is 15.9. The summed E-state index contributed by atoms with van der Waals surface area (Å²) in [5, 5.41) is 2.78. The SMILES string of the molecule is CC(NC(=O)c1nc(Cl)ccc1Cl)c1ccc(F)cc1F. The van der Waals surface area contributed by atoms with Crippen molar-refractivity contribution in [3.05, 3.63) is 63.4 Å². The van der Waals surface area contributed by atoms with Gasteiger partial charge >= 0.3 is 0 Å². The zero-order chi connectivity index (χ0) is 15.6. The monoisotopic (exact) mass is 330 g/mol. The molecule has 0 radical (unpaired) electrons. The van der Waals surface area contributed by atoms with Crippen LogP contribution in [0.1, 0.15) is 29.0 Å². The first-order valence-electron chi connectivity index (χ1n) is 5.96. The van der Waals surface area contributed by atoms with E-state index in [4.69, 9.17) is 23.2 Å². The van der Waals surface area contributed by atoms with E-state index in [0.717, 1.165) is 12.1 Å². The largest absolute Gasteiger partial charge is 0.344 e. The van der Waals surface area contributed by atoms with Gasteiger partial charge in [-0.2, -0.15) is 0 Å². The van der Waals surface area contributed by atoms with Gasteiger partial charge in [0.2, 0.25) is 0 Å². The Hall–Kier alpha value is -1.72. The summed E-state index contributed by atoms with van der Waals surface area (Å²) in [6, 6.07) is 5.34. The summed E-state index contributed by atoms with van der Waals surface area (Å²) in [6.45, 7) is 1.56. The van der Waals surface area contributed by atoms with Gasteiger partial charge in [-0.25, -0.2) is 13.8 Å². The van der Waals surface area contributed by atoms with Gasteiger partial charge in [0.1, 0.15) is 22.5 Å². The third-order valence-electron chi connectivity index (χ3n) is 2.80. The molecule has 1 N–H and O–H groups in total. The molecule has 1 unspecified atom stereocenters. The molecule has 2 aromatic rings. The molecule has 21 heavy (non-hydrogen) atoms. The number of carbonyl (C=O) groups excluding carboxylic acids is 1. The van der Waals surface area contributed by atoms with Crippen molar-refractivity contribution in [3.8, 4) is 0 Å². The molecule has 1 aromatic carbocycles. The molecule has 0 spiro atoms. The van der Waals surface area contributed by atoms with Crippen molar-refractivity contribution in [1.82, 2.24) is 10.3 Å². The van der Waals surface area contributed by atoms with Gasteiger partial charge in [-0.05, 0) is 25.1 Å². The number of rotatable bonds is 3. The Morgan fingerprint density at radius 1 is 1.24 bits per heavy atom. The lowest BCUT2D eigenvalue weighted by molar-refractivity contribution is 0.0934. The number of pyridine rings is 1. The average molecular weight is 331 g/mol. The molecule has 0 fully saturated rings. The van der Waals surface area contributed by atoms with Crippen molar-refractivity contribution in [2.24, 2.45) is 0 Å². The number of halogens is 4. The van der Waals surface area contributed by atoms with Crippen molar-refractivity contribution < 1.29 is 13.6 Å². The smallest absolute Gasteiger partial charge is 0.271 e. The first kappa shape index (κ1) is 15.7. The highest BCUT2D eigenvalue weighted by atomic mass is 35.5. The minimum absolute atomic E-state index is 0.0569. The zero-order valence-electron chi connectivity index (χ0n) is 10.8. The van der Waals surface area contributed by atoms with Crippen molar-refractivity contribution >= 4 is 29.1 Å². The first-order valence-corrected chi connectivity index (χ1v) is 6.72. The lowest BCUT2D eigenvalue weighted by Crippen LogP contribution is -2.28. The predicted octanol–water partition coefficient (Wildman–Crippen LogP) is 4.16. The van der Waals surface area contributed by atoms with Gasteiger partial charge < -0.3 is 5.32 Å². The van der Waals surface area contributed by atoms with Crippen LogP contribution in [-0.2, 0) is 0 Å². The number of hydrogen-bond acceptors (Lipinski definition) is 2. The highest BCUT2D eigenvalue weighted by Crippen LogP contribution is 2.20. The molecule has 1 amide bonds. The fourth-order valence-corrected chi connectivity index (χ4v) is 2.11. The van der Waals surface area contributed by atoms with Crippen LogP contribution in [0.25, 0.3) is 0 Å². The third kappa shape index (κ3) is 3.68. The van der Waals surface area contributed by atoms with Gasteiger partial charge in [-0.1, -0.05) is 29.3 Å². The van der Waals surface area contributed by atoms with Crippen LogP contribution >= 0.6 is 23.2 Å². The van der Waals surface area contributed by atoms with Crippen LogP contribution in [0.15, 0.2) is 30.3 Å². The maximum atomic E-state index is 13.6. The Morgan fingerprint density at radius 3 is 2.62 bits per heavy atom. The van der Waals surface area contributed by atoms with Gasteiger partial charge in [0, 0.05) is 11.6 Å². The lowest BCUT2D eigenvalue weighted by atomic mass is 10.1. The minimum Gasteiger partial charge on any atom is -0.344 e. The summed E-state index contributed by atoms with van der Waals surface area (Å²) in [5.41, 5.74) is 0.0986. The Morgan fingerprint density at radius 2 is 1.95 bits per heavy atom. The number of nitrogens with zero attached hydrogens (tertiary/aromatic N) is 1. The molecule has 7 heteroatoms. The Balaban J connectivity index is 2.20. The fourth-order valence-electron chi connectivity index (χ4n) is 1.77. The van der Waals surface area contributed by atoms with E-state index in [-0.39, 0.29) is 21.4 Å². The van der Waals surface area contributed by atoms with Gasteiger partial charge in [-0.3, -0.25) is 4.79 Å². The van der Waals surface area contributed by atoms with Crippen LogP contribution in [0.5, 0.6) is 0 Å². The van der Waals surface area contributed by atoms with Crippen molar-refractivity contribution in [2.75, 3.05) is 0 Å². The molecule has 0 saturated carbocycles. The third-order valence-corrected chi connectivity index (χ3v) is 3.32. The maximum absolute atomic E-state index is 13.6. The van der Waals surface area contributed by atoms with Crippen LogP contribution in [-0.4, -0.2) is 10.9 Å². The van der Waals surface area contributed by atoms with E-state index in [2.05, 4.69) is 10.3 Å². The van der Waals surface area contributed by atoms with Crippen molar-refractivity contribution in [2.45, 2.75) is 13.0 Å². The normalized spacial score (nSPS) is 12.0. The second-order valence-electron chi connectivity index (χ2n) is 4.33. The van der Waals surface area contributed by atoms with Gasteiger partial charge in [0.25, 0.3) is 5.91 Å². The number of nitrogens with one attached hydrogen (secondary N) is 1. The van der Waals surface area contributed by atoms with E-state index in [0.29, 0.717) is 0 Å². The molecule has 0 saturated heterocycles. The molecule has 0 aliphatic carbocycles. The molecule has 110 valence electrons. The van der Waals surface area contributed by atoms with E-state index >= 15 is 0 Å². The molecule has 0 bridgehead atoms. The molecular formula is C14H10Cl2F2N2O. The number of benzene rings is 1. The van der Waals surface area contributed by atoms with Crippen LogP contribution < -0.4 is 5.32 Å². The standard InChI is InChI=1S/C14H10Cl2F2N2O/c1-7(9-3-2-8(17)6-11(9)18)19-14(21)13-10(15)4-5-12(16)20-13/h2-7H,1H3,(H,19,21). The summed E-state index contributed by atoms with van der Waals surface area (Å²) in [6.07, 6.45) is 0. The highest BCUT2D eigenvalue weighted by Gasteiger charge is 2.18. The Kier molecular flexibility index (Phi) is 4.75. The molecule has 0 aliphatic rings. The van der Waals surface area contributed by atoms with Gasteiger partial charge in [-0.15, -0.1) is 0 Å². The van der Waals surface area contributed by atoms with Crippen molar-refractivity contribution in [3.63, 3.8) is 0 Å². The maximum Gasteiger partial charge on any atom is 0.271 e. The van der Waals surface area contributed by atoms with Gasteiger partial charge in [0.15, 0.2) is 0 Å². The first-order chi connectivity index (χ1) is 9.88. The number of aromatic nitrogens is 1. The average Bonchev–Trinajstić information content (AvgIpc) is 2.41. The second kappa shape index (κ2) is 6.37. The molecule has 1 heterocycles. The summed E-state index contributed by atoms with van der Waals surface area (Å²) < 4.78 is 26.5. The Labute approximate surface area is 129 Å². The highest BCUT2D eigenvalue weighted by molar-refractivity contribution is 6.34. The van der Waals surface area contributed by atoms with E-state index in [1.54, 1.807) is 6.92 Å². The van der Waals surface area contributed by atoms with Gasteiger partial charge in [0.05, 0.1) is 11.1 Å². The molecule has 3 nitrogen and oxygen atoms in total. The molecular weight excluding hydrogens is 321 g/mol. The topological polar surface area (TPSA) is 42.0 Å². The van der Waals surface area contributed by atoms with Crippen molar-refractivity contribution in [1.29, 1.82) is 0 Å². The minimum atomic E-state index is -0.743. The molecule has 0 aliphatic heterocycles. The lowest BCUT2D eigenvalue weighted by Gasteiger charge is -2.15. The summed E-state index contributed by atoms with van der Waals surface area (Å²) in [5.74, 6) is -2.03. The number of carbonyl (C=O) groups is 1. The van der Waals surface area contributed by atoms with Crippen LogP contribution in [0.2, 0.25) is 10.2 Å². The molecule has 1 aromatic heterocycles. The number of hydrogen-bond donors (Lipinski definition) is 1. The van der Waals surface area contributed by atoms with E-state index < -0.39 is 23.6 Å². The van der Waals surface area contributed by atoms with Crippen LogP contribution in [0.4, 0.5) is 8.78 Å². The van der Waals surface area contributed by atoms with E-state index in [1.165, 1.54) is 18.2 Å². The van der Waals surface area contributed by atoms with E-state index in [1.807, 2.05) is 0 Å². The summed E-state index contributed by atoms with van der Waals surface area (Å²) >= 11 is 11.6. The quantitative estimate of drug-likeness (QED) is 0.858. The van der Waals surface area contributed by atoms with Crippen LogP contribution in [0.3, 0.4) is 0 Å². The number of amides is 1. The summed E-state index contributed by atoms with van der Waals surface area (Å²) in [7, 11) is 0. The molecule has 1 atom stereocenters. The fraction of sp³-hybridized carbons (Fsp3) is 0.143. The predicted molar refractivity (Wildman–Crippen MR) is 76.5 cm³/mol. The Bertz CT molecular complexity index is 695. The van der Waals surface area contributed by atoms with E-state index in [9.17, 15) is 13.6 Å². The van der Waals surface area contributed by atoms with Crippen LogP contribution in [0, 0.1) is 11.6 Å².